The Kier molecular flexibility index (Phi) is 2.84. The number of nitrogens with zero attached hydrogens (tertiary/aromatic N) is 2. The Labute approximate surface area is 103 Å². The van der Waals surface area contributed by atoms with Gasteiger partial charge in [0.25, 0.3) is 0 Å². The van der Waals surface area contributed by atoms with E-state index in [1.165, 1.54) is 0 Å². The van der Waals surface area contributed by atoms with Gasteiger partial charge in [-0.1, -0.05) is 59.1 Å². The number of alkyl halides is 3. The quantitative estimate of drug-likeness (QED) is 0.655. The van der Waals surface area contributed by atoms with Crippen molar-refractivity contribution in [2.45, 2.75) is 9.83 Å². The first kappa shape index (κ1) is 11.1. The van der Waals surface area contributed by atoms with E-state index >= 15 is 0 Å². The molecule has 80 valence electrons. The molecule has 2 rings (SSSR count). The van der Waals surface area contributed by atoms with Gasteiger partial charge >= 0.3 is 0 Å². The van der Waals surface area contributed by atoms with E-state index in [-0.39, 0.29) is 6.04 Å². The lowest BCUT2D eigenvalue weighted by Gasteiger charge is -2.34. The maximum atomic E-state index is 5.95. The third kappa shape index (κ3) is 2.07. The first-order valence-electron chi connectivity index (χ1n) is 4.42. The standard InChI is InChI=1S/C10H9Cl3N2/c1-15-9(10(11,12)13)8-5-3-2-4-7(8)6-14-15/h2-6,9H,1H3. The van der Waals surface area contributed by atoms with E-state index in [2.05, 4.69) is 5.10 Å². The van der Waals surface area contributed by atoms with Gasteiger partial charge in [-0.05, 0) is 11.1 Å². The third-order valence-electron chi connectivity index (χ3n) is 2.35. The summed E-state index contributed by atoms with van der Waals surface area (Å²) in [5.41, 5.74) is 1.97. The molecule has 0 aliphatic carbocycles. The molecule has 0 N–H and O–H groups in total. The van der Waals surface area contributed by atoms with E-state index in [0.29, 0.717) is 0 Å². The zero-order valence-corrected chi connectivity index (χ0v) is 10.3. The van der Waals surface area contributed by atoms with Crippen molar-refractivity contribution < 1.29 is 0 Å². The molecule has 1 aromatic carbocycles. The van der Waals surface area contributed by atoms with Crippen LogP contribution < -0.4 is 0 Å². The van der Waals surface area contributed by atoms with Gasteiger partial charge in [0.15, 0.2) is 0 Å². The van der Waals surface area contributed by atoms with Crippen molar-refractivity contribution in [3.05, 3.63) is 35.4 Å². The third-order valence-corrected chi connectivity index (χ3v) is 2.97. The molecule has 1 aliphatic heterocycles. The number of benzene rings is 1. The first-order valence-corrected chi connectivity index (χ1v) is 5.56. The van der Waals surface area contributed by atoms with Crippen molar-refractivity contribution in [2.75, 3.05) is 7.05 Å². The van der Waals surface area contributed by atoms with Crippen LogP contribution in [0.1, 0.15) is 17.2 Å². The smallest absolute Gasteiger partial charge is 0.216 e. The Morgan fingerprint density at radius 1 is 1.27 bits per heavy atom. The molecule has 0 bridgehead atoms. The van der Waals surface area contributed by atoms with Gasteiger partial charge in [0.05, 0.1) is 6.21 Å². The molecule has 1 heterocycles. The SMILES string of the molecule is CN1N=Cc2ccccc2C1C(Cl)(Cl)Cl. The van der Waals surface area contributed by atoms with Crippen LogP contribution in [0.3, 0.4) is 0 Å². The minimum absolute atomic E-state index is 0.344. The Morgan fingerprint density at radius 3 is 2.60 bits per heavy atom. The normalized spacial score (nSPS) is 20.3. The average Bonchev–Trinajstić information content (AvgIpc) is 2.15. The van der Waals surface area contributed by atoms with Crippen LogP contribution in [0.25, 0.3) is 0 Å². The van der Waals surface area contributed by atoms with E-state index in [1.807, 2.05) is 24.3 Å². The van der Waals surface area contributed by atoms with Crippen molar-refractivity contribution in [2.24, 2.45) is 5.10 Å². The Morgan fingerprint density at radius 2 is 1.93 bits per heavy atom. The van der Waals surface area contributed by atoms with Crippen LogP contribution in [0.4, 0.5) is 0 Å². The number of halogens is 3. The second kappa shape index (κ2) is 3.85. The van der Waals surface area contributed by atoms with Crippen LogP contribution in [-0.4, -0.2) is 22.1 Å². The number of fused-ring (bicyclic) bond motifs is 1. The topological polar surface area (TPSA) is 15.6 Å². The van der Waals surface area contributed by atoms with Gasteiger partial charge in [-0.2, -0.15) is 5.10 Å². The predicted molar refractivity (Wildman–Crippen MR) is 64.8 cm³/mol. The molecular weight excluding hydrogens is 254 g/mol. The van der Waals surface area contributed by atoms with Gasteiger partial charge in [-0.15, -0.1) is 0 Å². The van der Waals surface area contributed by atoms with Crippen molar-refractivity contribution in [3.8, 4) is 0 Å². The summed E-state index contributed by atoms with van der Waals surface area (Å²) >= 11 is 17.8. The maximum Gasteiger partial charge on any atom is 0.216 e. The van der Waals surface area contributed by atoms with Crippen LogP contribution in [0.5, 0.6) is 0 Å². The molecule has 0 aromatic heterocycles. The van der Waals surface area contributed by atoms with Crippen LogP contribution in [0.2, 0.25) is 0 Å². The van der Waals surface area contributed by atoms with Crippen LogP contribution in [0, 0.1) is 0 Å². The minimum Gasteiger partial charge on any atom is -0.288 e. The van der Waals surface area contributed by atoms with Crippen molar-refractivity contribution >= 4 is 41.0 Å². The summed E-state index contributed by atoms with van der Waals surface area (Å²) in [6.07, 6.45) is 1.77. The lowest BCUT2D eigenvalue weighted by molar-refractivity contribution is 0.256. The first-order chi connectivity index (χ1) is 7.00. The van der Waals surface area contributed by atoms with Crippen LogP contribution >= 0.6 is 34.8 Å². The fraction of sp³-hybridized carbons (Fsp3) is 0.300. The molecule has 0 fully saturated rings. The summed E-state index contributed by atoms with van der Waals surface area (Å²) in [5.74, 6) is 0. The molecule has 0 amide bonds. The average molecular weight is 264 g/mol. The number of rotatable bonds is 0. The van der Waals surface area contributed by atoms with Crippen LogP contribution in [-0.2, 0) is 0 Å². The van der Waals surface area contributed by atoms with Gasteiger partial charge in [-0.3, -0.25) is 5.01 Å². The molecule has 1 unspecified atom stereocenters. The van der Waals surface area contributed by atoms with Crippen molar-refractivity contribution in [1.82, 2.24) is 5.01 Å². The summed E-state index contributed by atoms with van der Waals surface area (Å²) < 4.78 is -1.39. The fourth-order valence-corrected chi connectivity index (χ4v) is 2.46. The largest absolute Gasteiger partial charge is 0.288 e. The fourth-order valence-electron chi connectivity index (χ4n) is 1.69. The summed E-state index contributed by atoms with van der Waals surface area (Å²) in [5, 5.41) is 5.84. The molecule has 0 radical (unpaired) electrons. The molecule has 15 heavy (non-hydrogen) atoms. The molecule has 1 aromatic rings. The Balaban J connectivity index is 2.52. The second-order valence-corrected chi connectivity index (χ2v) is 5.76. The van der Waals surface area contributed by atoms with Gasteiger partial charge in [0.1, 0.15) is 6.04 Å². The summed E-state index contributed by atoms with van der Waals surface area (Å²) in [4.78, 5) is 0. The Hall–Kier alpha value is -0.440. The monoisotopic (exact) mass is 262 g/mol. The number of hydrazone groups is 1. The molecule has 2 nitrogen and oxygen atoms in total. The van der Waals surface area contributed by atoms with Gasteiger partial charge in [0.2, 0.25) is 3.79 Å². The van der Waals surface area contributed by atoms with Crippen molar-refractivity contribution in [3.63, 3.8) is 0 Å². The molecule has 1 aliphatic rings. The molecule has 5 heteroatoms. The van der Waals surface area contributed by atoms with Gasteiger partial charge in [0, 0.05) is 7.05 Å². The second-order valence-electron chi connectivity index (χ2n) is 3.39. The number of hydrogen-bond acceptors (Lipinski definition) is 2. The van der Waals surface area contributed by atoms with E-state index in [4.69, 9.17) is 34.8 Å². The zero-order valence-electron chi connectivity index (χ0n) is 7.99. The maximum absolute atomic E-state index is 5.95. The molecule has 0 saturated carbocycles. The molecule has 1 atom stereocenters. The highest BCUT2D eigenvalue weighted by Gasteiger charge is 2.39. The lowest BCUT2D eigenvalue weighted by atomic mass is 10.0. The minimum atomic E-state index is -1.39. The summed E-state index contributed by atoms with van der Waals surface area (Å²) in [6, 6.07) is 7.42. The van der Waals surface area contributed by atoms with Gasteiger partial charge < -0.3 is 0 Å². The zero-order chi connectivity index (χ0) is 11.1. The summed E-state index contributed by atoms with van der Waals surface area (Å²) in [7, 11) is 1.79. The van der Waals surface area contributed by atoms with E-state index in [1.54, 1.807) is 18.3 Å². The van der Waals surface area contributed by atoms with E-state index in [9.17, 15) is 0 Å². The number of hydrogen-bond donors (Lipinski definition) is 0. The molecule has 0 saturated heterocycles. The highest BCUT2D eigenvalue weighted by molar-refractivity contribution is 6.68. The van der Waals surface area contributed by atoms with E-state index < -0.39 is 3.79 Å². The van der Waals surface area contributed by atoms with Gasteiger partial charge in [-0.25, -0.2) is 0 Å². The molecular formula is C10H9Cl3N2. The van der Waals surface area contributed by atoms with Crippen molar-refractivity contribution in [1.29, 1.82) is 0 Å². The lowest BCUT2D eigenvalue weighted by Crippen LogP contribution is -2.33. The predicted octanol–water partition coefficient (Wildman–Crippen LogP) is 3.38. The highest BCUT2D eigenvalue weighted by Crippen LogP contribution is 2.45. The Bertz CT molecular complexity index is 398. The summed E-state index contributed by atoms with van der Waals surface area (Å²) in [6.45, 7) is 0. The van der Waals surface area contributed by atoms with E-state index in [0.717, 1.165) is 11.1 Å². The highest BCUT2D eigenvalue weighted by atomic mass is 35.6. The molecule has 0 spiro atoms. The van der Waals surface area contributed by atoms with Crippen LogP contribution in [0.15, 0.2) is 29.4 Å².